The van der Waals surface area contributed by atoms with Gasteiger partial charge in [0.05, 0.1) is 85.9 Å². The first-order valence-electron chi connectivity index (χ1n) is 45.8. The van der Waals surface area contributed by atoms with E-state index in [-0.39, 0.29) is 0 Å². The molecule has 0 aromatic heterocycles. The molecule has 0 amide bonds. The van der Waals surface area contributed by atoms with Gasteiger partial charge in [-0.3, -0.25) is 0 Å². The Hall–Kier alpha value is -2.64. The first-order chi connectivity index (χ1) is 68.4. The Morgan fingerprint density at radius 3 is 0.319 bits per heavy atom. The van der Waals surface area contributed by atoms with Crippen LogP contribution in [-0.4, -0.2) is 694 Å². The van der Waals surface area contributed by atoms with E-state index < -0.39 is 485 Å². The minimum absolute atomic E-state index is 0.883. The third kappa shape index (κ3) is 24.3. The Kier molecular flexibility index (Phi) is 42.2. The van der Waals surface area contributed by atoms with Gasteiger partial charge in [-0.1, -0.05) is 0 Å². The zero-order valence-electron chi connectivity index (χ0n) is 75.3. The van der Waals surface area contributed by atoms with E-state index in [1.54, 1.807) is 0 Å². The Labute approximate surface area is 810 Å². The Bertz CT molecular complexity index is 3620. The summed E-state index contributed by atoms with van der Waals surface area (Å²) in [7, 11) is 0. The summed E-state index contributed by atoms with van der Waals surface area (Å²) in [5, 5.41) is 448. The Balaban J connectivity index is 0.561. The van der Waals surface area contributed by atoms with Crippen LogP contribution in [0.3, 0.4) is 0 Å². The van der Waals surface area contributed by atoms with Gasteiger partial charge in [-0.2, -0.15) is 0 Å². The van der Waals surface area contributed by atoms with Gasteiger partial charge in [0.25, 0.3) is 0 Å². The molecule has 13 heterocycles. The quantitative estimate of drug-likeness (QED) is 0.0275. The minimum Gasteiger partial charge on any atom is -0.394 e. The molecule has 0 aliphatic carbocycles. The van der Waals surface area contributed by atoms with Gasteiger partial charge in [0.15, 0.2) is 81.8 Å². The normalized spacial score (nSPS) is 53.9. The Morgan fingerprint density at radius 2 is 0.201 bits per heavy atom. The molecule has 1 unspecified atom stereocenters. The average molecular weight is 2130 g/mol. The maximum Gasteiger partial charge on any atom is 0.187 e. The predicted octanol–water partition coefficient (Wildman–Crippen LogP) is -29.3. The second kappa shape index (κ2) is 51.4. The lowest BCUT2D eigenvalue weighted by Gasteiger charge is -2.50. The maximum absolute atomic E-state index is 11.6. The van der Waals surface area contributed by atoms with Gasteiger partial charge in [-0.05, 0) is 0 Å². The summed E-state index contributed by atoms with van der Waals surface area (Å²) in [4.78, 5) is 0. The van der Waals surface area contributed by atoms with Crippen LogP contribution in [0, 0.1) is 0 Å². The van der Waals surface area contributed by atoms with Crippen molar-refractivity contribution in [2.24, 2.45) is 0 Å². The highest BCUT2D eigenvalue weighted by molar-refractivity contribution is 5.06. The van der Waals surface area contributed by atoms with Crippen LogP contribution < -0.4 is 0 Å². The highest BCUT2D eigenvalue weighted by atomic mass is 16.8. The summed E-state index contributed by atoms with van der Waals surface area (Å²) in [6, 6.07) is 0. The molecule has 66 heteroatoms. The molecule has 144 heavy (non-hydrogen) atoms. The summed E-state index contributed by atoms with van der Waals surface area (Å²) in [6.07, 6.45) is -135. The first-order valence-corrected chi connectivity index (χ1v) is 45.8. The fourth-order valence-corrected chi connectivity index (χ4v) is 18.9. The lowest BCUT2D eigenvalue weighted by molar-refractivity contribution is -0.402. The van der Waals surface area contributed by atoms with E-state index in [9.17, 15) is 209 Å². The van der Waals surface area contributed by atoms with Crippen molar-refractivity contribution in [1.29, 1.82) is 0 Å². The van der Waals surface area contributed by atoms with Crippen LogP contribution in [-0.2, 0) is 118 Å². The van der Waals surface area contributed by atoms with Crippen LogP contribution in [0.2, 0.25) is 0 Å². The summed E-state index contributed by atoms with van der Waals surface area (Å²) in [6.45, 7) is -14.3. The van der Waals surface area contributed by atoms with E-state index in [1.807, 2.05) is 0 Å². The molecule has 0 bridgehead atoms. The number of hydrogen-bond donors (Lipinski definition) is 41. The highest BCUT2D eigenvalue weighted by Gasteiger charge is 2.64. The van der Waals surface area contributed by atoms with Crippen molar-refractivity contribution in [2.45, 2.75) is 399 Å². The summed E-state index contributed by atoms with van der Waals surface area (Å²) >= 11 is 0. The van der Waals surface area contributed by atoms with E-state index in [2.05, 4.69) is 0 Å². The monoisotopic (exact) mass is 2120 g/mol. The van der Waals surface area contributed by atoms with Crippen LogP contribution in [0.1, 0.15) is 0 Å². The van der Waals surface area contributed by atoms with Crippen molar-refractivity contribution in [3.8, 4) is 0 Å². The smallest absolute Gasteiger partial charge is 0.187 e. The van der Waals surface area contributed by atoms with Gasteiger partial charge < -0.3 is 328 Å². The number of aliphatic hydroxyl groups excluding tert-OH is 41. The average Bonchev–Trinajstić information content (AvgIpc) is 0.751. The predicted molar refractivity (Wildman–Crippen MR) is 428 cm³/mol. The molecule has 13 rings (SSSR count). The largest absolute Gasteiger partial charge is 0.394 e. The first kappa shape index (κ1) is 118. The van der Waals surface area contributed by atoms with E-state index in [0.717, 1.165) is 0 Å². The molecule has 840 valence electrons. The van der Waals surface area contributed by atoms with Gasteiger partial charge in [0.2, 0.25) is 0 Å². The molecule has 13 aliphatic rings. The van der Waals surface area contributed by atoms with Gasteiger partial charge in [0.1, 0.15) is 317 Å². The maximum atomic E-state index is 11.6. The fraction of sp³-hybridized carbons (Fsp3) is 1.00. The highest BCUT2D eigenvalue weighted by Crippen LogP contribution is 2.44. The number of hydrogen-bond acceptors (Lipinski definition) is 66. The van der Waals surface area contributed by atoms with Crippen LogP contribution >= 0.6 is 0 Å². The Morgan fingerprint density at radius 1 is 0.104 bits per heavy atom. The topological polar surface area (TPSA) is 1060 Å². The van der Waals surface area contributed by atoms with Gasteiger partial charge in [-0.15, -0.1) is 0 Å². The summed E-state index contributed by atoms with van der Waals surface area (Å²) in [5.74, 6) is 0. The number of ether oxygens (including phenoxy) is 25. The van der Waals surface area contributed by atoms with Crippen LogP contribution in [0.4, 0.5) is 0 Å². The molecule has 41 N–H and O–H groups in total. The zero-order valence-corrected chi connectivity index (χ0v) is 75.3. The third-order valence-corrected chi connectivity index (χ3v) is 27.2. The van der Waals surface area contributed by atoms with E-state index in [0.29, 0.717) is 0 Å². The van der Waals surface area contributed by atoms with Crippen molar-refractivity contribution in [2.75, 3.05) is 85.9 Å². The molecule has 0 saturated carbocycles. The lowest BCUT2D eigenvalue weighted by atomic mass is 9.95. The summed E-state index contributed by atoms with van der Waals surface area (Å²) < 4.78 is 141. The van der Waals surface area contributed by atoms with Crippen molar-refractivity contribution < 1.29 is 328 Å². The molecule has 13 fully saturated rings. The van der Waals surface area contributed by atoms with Gasteiger partial charge in [0, 0.05) is 0 Å². The van der Waals surface area contributed by atoms with Gasteiger partial charge in [-0.25, -0.2) is 0 Å². The molecule has 0 aromatic rings. The van der Waals surface area contributed by atoms with Crippen molar-refractivity contribution >= 4 is 0 Å². The number of rotatable bonds is 37. The molecule has 0 radical (unpaired) electrons. The molecular formula is C78H132O66. The molecular weight excluding hydrogens is 1990 g/mol. The van der Waals surface area contributed by atoms with Crippen LogP contribution in [0.15, 0.2) is 0 Å². The van der Waals surface area contributed by atoms with Gasteiger partial charge >= 0.3 is 0 Å². The third-order valence-electron chi connectivity index (χ3n) is 27.2. The molecule has 13 saturated heterocycles. The number of aliphatic hydroxyl groups is 41. The zero-order chi connectivity index (χ0) is 105. The second-order valence-electron chi connectivity index (χ2n) is 36.4. The van der Waals surface area contributed by atoms with Crippen LogP contribution in [0.5, 0.6) is 0 Å². The van der Waals surface area contributed by atoms with Crippen molar-refractivity contribution in [1.82, 2.24) is 0 Å². The van der Waals surface area contributed by atoms with E-state index >= 15 is 0 Å². The molecule has 0 aromatic carbocycles. The van der Waals surface area contributed by atoms with Crippen molar-refractivity contribution in [3.05, 3.63) is 0 Å². The SMILES string of the molecule is OC[C@H]1O[C@@H](O[C@H]2[C@H](O)[C@@H](O)[C@H](O[C@H]3[C@H](O)[C@@H](O)[C@H](O[C@H]4[C@H](O)[C@@H](O)[C@H](O[C@H]5[C@H](O)[C@@H](O)[C@H](O[C@H]6[C@H](O)[C@@H](O)[C@H](O[C@H]7[C@H](O)[C@@H](O)[C@H](O[C@H]8[C@H](O)[C@@H](O)[C@H](O[C@H]9[C@H](O)[C@@H](O)[C@H](O[C@H]%10[C@H](O)[C@@H](O)[C@H](O[C@H]%11[C@H](O)[C@@H](O)[C@H](O[C@H]%12[C@H](O)[C@@H](O)[C@H](O[C@H]%13[C@@H](O)[C@@H](O)C(O)O[C@@H]%13CO)O[C@@H]%12CO)O[C@@H]%11CO)O[C@@H]%10CO)O[C@@H]9CO)O[C@@H]8CO)O[C@@H]7CO)O[C@@H]6CO)O[C@@H]5CO)O[C@@H]4CO)O[C@@H]3CO)O[C@@H]2CO)[C@H](O)[C@@H](O)[C@@H]1O. The molecule has 66 nitrogen and oxygen atoms in total. The molecule has 13 aliphatic heterocycles. The van der Waals surface area contributed by atoms with Crippen molar-refractivity contribution in [3.63, 3.8) is 0 Å². The summed E-state index contributed by atoms with van der Waals surface area (Å²) in [5.41, 5.74) is 0. The fourth-order valence-electron chi connectivity index (χ4n) is 18.9. The lowest BCUT2D eigenvalue weighted by Crippen LogP contribution is -2.69. The second-order valence-corrected chi connectivity index (χ2v) is 36.4. The molecule has 0 spiro atoms. The standard InChI is InChI=1S/C78H132O66/c79-1-14-27(92)28(93)42(107)67(121-14)134-55-16(3-81)123-69(44(109)30(55)95)136-57-18(5-83)125-71(46(111)32(57)97)138-59-20(7-85)127-73(48(113)34(59)99)140-61-22(9-87)129-75(50(115)36(61)101)142-63-24(11-89)131-77(52(117)38(63)103)144-65-26(13-91)132-78(53(118)40(65)105)143-64-25(12-90)130-76(51(116)39(64)104)141-62-23(10-88)128-74(49(114)37(62)102)139-60-21(8-86)126-72(47(112)35(60)100)137-58-19(6-84)124-70(45(110)33(58)98)135-56-17(4-82)122-68(43(108)31(56)96)133-54-15(2-80)120-66(119)41(106)29(54)94/h14-119H,1-13H2/t14-,15-,16-,17-,18-,19-,20-,21-,22-,23-,24-,25-,26-,27-,28+,29+,30-,31-,32-,33-,34-,35-,36-,37-,38-,39-,40-,41-,42-,43-,44-,45-,46-,47-,48-,49-,50-,51-,52-,53-,54-,55-,56-,57-,58-,59-,60-,61-,62-,63-,64-,65-,66?,67+,68+,69+,70+,71+,72+,73+,74+,75+,76+,77+,78+/m1/s1. The van der Waals surface area contributed by atoms with Crippen LogP contribution in [0.25, 0.3) is 0 Å². The van der Waals surface area contributed by atoms with E-state index in [4.69, 9.17) is 118 Å². The molecule has 65 atom stereocenters. The minimum atomic E-state index is -2.38. The van der Waals surface area contributed by atoms with E-state index in [1.165, 1.54) is 0 Å².